The average Bonchev–Trinajstić information content (AvgIpc) is 3.36. The summed E-state index contributed by atoms with van der Waals surface area (Å²) in [5.74, 6) is 0. The fourth-order valence-corrected chi connectivity index (χ4v) is 7.78. The molecule has 0 fully saturated rings. The third-order valence-electron chi connectivity index (χ3n) is 9.48. The van der Waals surface area contributed by atoms with Gasteiger partial charge in [-0.3, -0.25) is 0 Å². The molecule has 1 heteroatoms. The van der Waals surface area contributed by atoms with Gasteiger partial charge in [0, 0.05) is 16.5 Å². The molecule has 0 spiro atoms. The van der Waals surface area contributed by atoms with E-state index in [1.165, 1.54) is 93.2 Å². The number of hydrogen-bond donors (Lipinski definition) is 0. The van der Waals surface area contributed by atoms with Crippen LogP contribution in [-0.2, 0) is 0 Å². The number of rotatable bonds is 2. The predicted octanol–water partition coefficient (Wildman–Crippen LogP) is 11.6. The van der Waals surface area contributed by atoms with Gasteiger partial charge >= 0.3 is 0 Å². The Bertz CT molecular complexity index is 2600. The van der Waals surface area contributed by atoms with E-state index < -0.39 is 0 Å². The van der Waals surface area contributed by atoms with Crippen LogP contribution in [0.3, 0.4) is 0 Å². The van der Waals surface area contributed by atoms with Crippen LogP contribution in [0, 0.1) is 0 Å². The van der Waals surface area contributed by atoms with E-state index >= 15 is 0 Å². The molecule has 43 heavy (non-hydrogen) atoms. The van der Waals surface area contributed by atoms with Crippen molar-refractivity contribution in [1.82, 2.24) is 4.57 Å². The zero-order chi connectivity index (χ0) is 28.1. The third kappa shape index (κ3) is 3.01. The van der Waals surface area contributed by atoms with Gasteiger partial charge in [-0.15, -0.1) is 0 Å². The van der Waals surface area contributed by atoms with E-state index in [1.807, 2.05) is 0 Å². The first-order valence-electron chi connectivity index (χ1n) is 15.0. The van der Waals surface area contributed by atoms with Gasteiger partial charge in [0.2, 0.25) is 0 Å². The molecule has 0 N–H and O–H groups in total. The van der Waals surface area contributed by atoms with Crippen LogP contribution in [0.15, 0.2) is 152 Å². The molecule has 0 atom stereocenters. The molecular weight excluding hydrogens is 518 g/mol. The number of benzene rings is 8. The van der Waals surface area contributed by atoms with Crippen molar-refractivity contribution < 1.29 is 0 Å². The van der Waals surface area contributed by atoms with E-state index in [0.29, 0.717) is 0 Å². The van der Waals surface area contributed by atoms with Gasteiger partial charge in [-0.25, -0.2) is 0 Å². The molecule has 0 amide bonds. The number of hydrogen-bond acceptors (Lipinski definition) is 0. The van der Waals surface area contributed by atoms with E-state index in [0.717, 1.165) is 0 Å². The van der Waals surface area contributed by atoms with Crippen LogP contribution in [0.1, 0.15) is 0 Å². The van der Waals surface area contributed by atoms with E-state index in [4.69, 9.17) is 0 Å². The SMILES string of the molecule is c1ccc(-c2cccc(-n3c4cccc5c4c4c6c(cccc6ccc43)-c3c-5c4ccccc4c4ccccc34)c2)cc1. The Hall–Kier alpha value is -5.66. The highest BCUT2D eigenvalue weighted by Crippen LogP contribution is 2.53. The molecule has 0 saturated heterocycles. The minimum atomic E-state index is 1.18. The first-order chi connectivity index (χ1) is 21.4. The molecule has 1 aromatic heterocycles. The van der Waals surface area contributed by atoms with Crippen molar-refractivity contribution >= 4 is 54.1 Å². The Kier molecular flexibility index (Phi) is 4.51. The van der Waals surface area contributed by atoms with Crippen molar-refractivity contribution in [2.24, 2.45) is 0 Å². The number of nitrogens with zero attached hydrogens (tertiary/aromatic N) is 1. The quantitative estimate of drug-likeness (QED) is 0.191. The van der Waals surface area contributed by atoms with Gasteiger partial charge in [-0.1, -0.05) is 127 Å². The van der Waals surface area contributed by atoms with E-state index in [1.54, 1.807) is 0 Å². The molecule has 198 valence electrons. The summed E-state index contributed by atoms with van der Waals surface area (Å²) >= 11 is 0. The fourth-order valence-electron chi connectivity index (χ4n) is 7.78. The van der Waals surface area contributed by atoms with Crippen molar-refractivity contribution in [3.05, 3.63) is 152 Å². The summed E-state index contributed by atoms with van der Waals surface area (Å²) in [6.07, 6.45) is 0. The second-order valence-electron chi connectivity index (χ2n) is 11.7. The highest BCUT2D eigenvalue weighted by Gasteiger charge is 2.27. The molecule has 0 aliphatic heterocycles. The summed E-state index contributed by atoms with van der Waals surface area (Å²) in [7, 11) is 0. The van der Waals surface area contributed by atoms with E-state index in [2.05, 4.69) is 156 Å². The predicted molar refractivity (Wildman–Crippen MR) is 183 cm³/mol. The van der Waals surface area contributed by atoms with Crippen LogP contribution in [-0.4, -0.2) is 4.57 Å². The van der Waals surface area contributed by atoms with Crippen LogP contribution < -0.4 is 0 Å². The van der Waals surface area contributed by atoms with Crippen LogP contribution >= 0.6 is 0 Å². The highest BCUT2D eigenvalue weighted by atomic mass is 15.0. The Morgan fingerprint density at radius 3 is 1.67 bits per heavy atom. The molecule has 10 rings (SSSR count). The Morgan fingerprint density at radius 2 is 0.930 bits per heavy atom. The molecule has 0 unspecified atom stereocenters. The lowest BCUT2D eigenvalue weighted by atomic mass is 9.84. The number of aromatic nitrogens is 1. The van der Waals surface area contributed by atoms with Gasteiger partial charge < -0.3 is 4.57 Å². The summed E-state index contributed by atoms with van der Waals surface area (Å²) in [6, 6.07) is 55.9. The molecule has 0 radical (unpaired) electrons. The minimum absolute atomic E-state index is 1.18. The monoisotopic (exact) mass is 543 g/mol. The van der Waals surface area contributed by atoms with Gasteiger partial charge in [-0.05, 0) is 90.0 Å². The van der Waals surface area contributed by atoms with Gasteiger partial charge in [0.1, 0.15) is 0 Å². The normalized spacial score (nSPS) is 12.2. The molecule has 1 heterocycles. The smallest absolute Gasteiger partial charge is 0.0548 e. The molecule has 0 saturated carbocycles. The van der Waals surface area contributed by atoms with Crippen molar-refractivity contribution in [2.75, 3.05) is 0 Å². The molecular formula is C42H25N. The molecule has 1 aliphatic carbocycles. The van der Waals surface area contributed by atoms with Gasteiger partial charge in [0.15, 0.2) is 0 Å². The van der Waals surface area contributed by atoms with Crippen LogP contribution in [0.4, 0.5) is 0 Å². The Labute approximate surface area is 248 Å². The van der Waals surface area contributed by atoms with Crippen molar-refractivity contribution in [2.45, 2.75) is 0 Å². The summed E-state index contributed by atoms with van der Waals surface area (Å²) in [5, 5.41) is 10.5. The molecule has 1 nitrogen and oxygen atoms in total. The van der Waals surface area contributed by atoms with Crippen LogP contribution in [0.5, 0.6) is 0 Å². The third-order valence-corrected chi connectivity index (χ3v) is 9.48. The Morgan fingerprint density at radius 1 is 0.349 bits per heavy atom. The topological polar surface area (TPSA) is 4.93 Å². The molecule has 1 aliphatic rings. The maximum absolute atomic E-state index is 2.48. The second kappa shape index (κ2) is 8.44. The van der Waals surface area contributed by atoms with E-state index in [-0.39, 0.29) is 0 Å². The lowest BCUT2D eigenvalue weighted by molar-refractivity contribution is 1.18. The maximum atomic E-state index is 2.48. The van der Waals surface area contributed by atoms with Crippen molar-refractivity contribution in [3.8, 4) is 39.1 Å². The van der Waals surface area contributed by atoms with Gasteiger partial charge in [-0.2, -0.15) is 0 Å². The summed E-state index contributed by atoms with van der Waals surface area (Å²) in [6.45, 7) is 0. The molecule has 8 aromatic carbocycles. The van der Waals surface area contributed by atoms with Crippen molar-refractivity contribution in [1.29, 1.82) is 0 Å². The van der Waals surface area contributed by atoms with Crippen LogP contribution in [0.2, 0.25) is 0 Å². The van der Waals surface area contributed by atoms with Crippen LogP contribution in [0.25, 0.3) is 93.2 Å². The molecule has 9 aromatic rings. The number of fused-ring (bicyclic) bond motifs is 8. The largest absolute Gasteiger partial charge is 0.309 e. The summed E-state index contributed by atoms with van der Waals surface area (Å²) < 4.78 is 2.48. The lowest BCUT2D eigenvalue weighted by Gasteiger charge is -2.19. The summed E-state index contributed by atoms with van der Waals surface area (Å²) in [5.41, 5.74) is 11.4. The first kappa shape index (κ1) is 23.0. The fraction of sp³-hybridized carbons (Fsp3) is 0. The van der Waals surface area contributed by atoms with Gasteiger partial charge in [0.05, 0.1) is 11.0 Å². The van der Waals surface area contributed by atoms with Gasteiger partial charge in [0.25, 0.3) is 0 Å². The zero-order valence-corrected chi connectivity index (χ0v) is 23.4. The standard InChI is InChI=1S/C42H25N/c1-2-11-26(12-3-1)28-14-8-15-29(25-28)43-36-22-10-21-35-40-33-19-7-5-17-31(33)30-16-4-6-18-32(30)39(40)34-20-9-13-27-23-24-37(43)42(38(27)34)41(35)36/h1-25H. The zero-order valence-electron chi connectivity index (χ0n) is 23.4. The van der Waals surface area contributed by atoms with E-state index in [9.17, 15) is 0 Å². The Balaban J connectivity index is 1.43. The first-order valence-corrected chi connectivity index (χ1v) is 15.0. The average molecular weight is 544 g/mol. The highest BCUT2D eigenvalue weighted by molar-refractivity contribution is 6.35. The summed E-state index contributed by atoms with van der Waals surface area (Å²) in [4.78, 5) is 0. The van der Waals surface area contributed by atoms with Crippen molar-refractivity contribution in [3.63, 3.8) is 0 Å². The lowest BCUT2D eigenvalue weighted by Crippen LogP contribution is -1.96. The second-order valence-corrected chi connectivity index (χ2v) is 11.7. The molecule has 0 bridgehead atoms. The maximum Gasteiger partial charge on any atom is 0.0548 e. The minimum Gasteiger partial charge on any atom is -0.309 e.